The van der Waals surface area contributed by atoms with Crippen LogP contribution < -0.4 is 5.32 Å². The first-order chi connectivity index (χ1) is 11.5. The Morgan fingerprint density at radius 2 is 2.08 bits per heavy atom. The number of rotatable bonds is 4. The molecule has 1 N–H and O–H groups in total. The van der Waals surface area contributed by atoms with Gasteiger partial charge in [0.2, 0.25) is 5.91 Å². The minimum atomic E-state index is -0.0612. The summed E-state index contributed by atoms with van der Waals surface area (Å²) in [6.07, 6.45) is 3.86. The van der Waals surface area contributed by atoms with E-state index < -0.39 is 0 Å². The van der Waals surface area contributed by atoms with Gasteiger partial charge in [-0.1, -0.05) is 23.7 Å². The highest BCUT2D eigenvalue weighted by molar-refractivity contribution is 6.30. The molecule has 1 aliphatic rings. The molecule has 1 aromatic carbocycles. The fraction of sp³-hybridized carbons (Fsp3) is 0.444. The van der Waals surface area contributed by atoms with Crippen molar-refractivity contribution >= 4 is 17.5 Å². The normalized spacial score (nSPS) is 21.7. The third kappa shape index (κ3) is 3.32. The molecule has 0 saturated carbocycles. The Bertz CT molecular complexity index is 712. The number of hydrogen-bond donors (Lipinski definition) is 1. The third-order valence-corrected chi connectivity index (χ3v) is 5.22. The van der Waals surface area contributed by atoms with Crippen LogP contribution in [0.2, 0.25) is 5.02 Å². The quantitative estimate of drug-likeness (QED) is 0.925. The largest absolute Gasteiger partial charge is 0.339 e. The van der Waals surface area contributed by atoms with Gasteiger partial charge in [-0.25, -0.2) is 0 Å². The van der Waals surface area contributed by atoms with Crippen LogP contribution in [-0.2, 0) is 11.8 Å². The molecule has 2 aromatic rings. The third-order valence-electron chi connectivity index (χ3n) is 4.97. The van der Waals surface area contributed by atoms with Crippen LogP contribution in [0.5, 0.6) is 0 Å². The second kappa shape index (κ2) is 6.95. The van der Waals surface area contributed by atoms with E-state index in [1.165, 1.54) is 0 Å². The van der Waals surface area contributed by atoms with Crippen molar-refractivity contribution in [3.63, 3.8) is 0 Å². The lowest BCUT2D eigenvalue weighted by molar-refractivity contribution is -0.136. The Morgan fingerprint density at radius 1 is 1.38 bits per heavy atom. The molecule has 0 bridgehead atoms. The van der Waals surface area contributed by atoms with Gasteiger partial charge < -0.3 is 10.2 Å². The van der Waals surface area contributed by atoms with Gasteiger partial charge in [0.05, 0.1) is 18.2 Å². The number of nitrogens with one attached hydrogen (secondary N) is 1. The first kappa shape index (κ1) is 17.0. The Morgan fingerprint density at radius 3 is 2.71 bits per heavy atom. The van der Waals surface area contributed by atoms with Crippen LogP contribution >= 0.6 is 11.6 Å². The van der Waals surface area contributed by atoms with E-state index in [0.717, 1.165) is 17.7 Å². The fourth-order valence-electron chi connectivity index (χ4n) is 3.34. The number of nitrogens with zero attached hydrogens (tertiary/aromatic N) is 3. The van der Waals surface area contributed by atoms with E-state index in [1.54, 1.807) is 4.68 Å². The molecular formula is C18H23ClN4O. The number of aromatic nitrogens is 2. The Hall–Kier alpha value is -1.85. The van der Waals surface area contributed by atoms with E-state index >= 15 is 0 Å². The minimum absolute atomic E-state index is 0.00455. The molecule has 24 heavy (non-hydrogen) atoms. The van der Waals surface area contributed by atoms with Crippen molar-refractivity contribution in [2.75, 3.05) is 20.1 Å². The van der Waals surface area contributed by atoms with E-state index in [2.05, 4.69) is 10.4 Å². The molecule has 1 fully saturated rings. The summed E-state index contributed by atoms with van der Waals surface area (Å²) in [6.45, 7) is 3.56. The van der Waals surface area contributed by atoms with E-state index in [4.69, 9.17) is 11.6 Å². The molecule has 1 unspecified atom stereocenters. The van der Waals surface area contributed by atoms with Gasteiger partial charge in [0.15, 0.2) is 0 Å². The van der Waals surface area contributed by atoms with Crippen molar-refractivity contribution in [2.24, 2.45) is 13.0 Å². The summed E-state index contributed by atoms with van der Waals surface area (Å²) in [5.41, 5.74) is 2.20. The maximum Gasteiger partial charge on any atom is 0.227 e. The Balaban J connectivity index is 1.75. The lowest BCUT2D eigenvalue weighted by atomic mass is 9.89. The molecule has 1 aromatic heterocycles. The van der Waals surface area contributed by atoms with Crippen LogP contribution in [0, 0.1) is 5.92 Å². The molecule has 3 rings (SSSR count). The maximum absolute atomic E-state index is 13.1. The maximum atomic E-state index is 13.1. The molecule has 1 aliphatic heterocycles. The van der Waals surface area contributed by atoms with Gasteiger partial charge in [-0.3, -0.25) is 9.48 Å². The van der Waals surface area contributed by atoms with Gasteiger partial charge in [-0.05, 0) is 30.2 Å². The Kier molecular flexibility index (Phi) is 4.92. The molecule has 6 heteroatoms. The molecule has 5 nitrogen and oxygen atoms in total. The summed E-state index contributed by atoms with van der Waals surface area (Å²) in [5, 5.41) is 8.30. The topological polar surface area (TPSA) is 50.2 Å². The van der Waals surface area contributed by atoms with Crippen molar-refractivity contribution < 1.29 is 4.79 Å². The van der Waals surface area contributed by atoms with Crippen LogP contribution in [0.4, 0.5) is 0 Å². The van der Waals surface area contributed by atoms with Crippen molar-refractivity contribution in [3.05, 3.63) is 52.8 Å². The van der Waals surface area contributed by atoms with Gasteiger partial charge in [0, 0.05) is 44.3 Å². The van der Waals surface area contributed by atoms with E-state index in [0.29, 0.717) is 11.6 Å². The summed E-state index contributed by atoms with van der Waals surface area (Å²) in [5.74, 6) is 0.274. The number of amides is 1. The monoisotopic (exact) mass is 346 g/mol. The molecule has 1 amide bonds. The predicted octanol–water partition coefficient (Wildman–Crippen LogP) is 2.60. The smallest absolute Gasteiger partial charge is 0.227 e. The highest BCUT2D eigenvalue weighted by Gasteiger charge is 2.37. The van der Waals surface area contributed by atoms with Gasteiger partial charge in [-0.2, -0.15) is 5.10 Å². The number of halogens is 1. The van der Waals surface area contributed by atoms with Gasteiger partial charge in [0.25, 0.3) is 0 Å². The fourth-order valence-corrected chi connectivity index (χ4v) is 3.46. The van der Waals surface area contributed by atoms with Crippen molar-refractivity contribution in [2.45, 2.75) is 18.9 Å². The number of benzene rings is 1. The molecule has 0 spiro atoms. The highest BCUT2D eigenvalue weighted by atomic mass is 35.5. The zero-order chi connectivity index (χ0) is 17.3. The molecule has 0 aliphatic carbocycles. The molecule has 128 valence electrons. The SMILES string of the molecule is CC(c1ccc(Cl)cc1)N(C)C(=O)[C@H]1CNC[C@@H]1c1cnn(C)c1. The van der Waals surface area contributed by atoms with Crippen LogP contribution in [0.15, 0.2) is 36.7 Å². The summed E-state index contributed by atoms with van der Waals surface area (Å²) < 4.78 is 1.79. The molecule has 2 heterocycles. The number of carbonyl (C=O) groups is 1. The number of aryl methyl sites for hydroxylation is 1. The van der Waals surface area contributed by atoms with Gasteiger partial charge >= 0.3 is 0 Å². The molecule has 1 saturated heterocycles. The second-order valence-electron chi connectivity index (χ2n) is 6.50. The zero-order valence-electron chi connectivity index (χ0n) is 14.2. The van der Waals surface area contributed by atoms with Crippen LogP contribution in [0.3, 0.4) is 0 Å². The van der Waals surface area contributed by atoms with E-state index in [1.807, 2.05) is 62.6 Å². The Labute approximate surface area is 147 Å². The van der Waals surface area contributed by atoms with Crippen LogP contribution in [0.1, 0.15) is 30.0 Å². The summed E-state index contributed by atoms with van der Waals surface area (Å²) in [4.78, 5) is 14.9. The highest BCUT2D eigenvalue weighted by Crippen LogP contribution is 2.31. The van der Waals surface area contributed by atoms with Gasteiger partial charge in [-0.15, -0.1) is 0 Å². The summed E-state index contributed by atoms with van der Waals surface area (Å²) in [6, 6.07) is 7.68. The average molecular weight is 347 g/mol. The first-order valence-electron chi connectivity index (χ1n) is 8.18. The van der Waals surface area contributed by atoms with Gasteiger partial charge in [0.1, 0.15) is 0 Å². The molecule has 3 atom stereocenters. The molecular weight excluding hydrogens is 324 g/mol. The standard InChI is InChI=1S/C18H23ClN4O/c1-12(13-4-6-15(19)7-5-13)23(3)18(24)17-10-20-9-16(17)14-8-21-22(2)11-14/h4-8,11-12,16-17,20H,9-10H2,1-3H3/t12?,16-,17+/m1/s1. The zero-order valence-corrected chi connectivity index (χ0v) is 15.0. The minimum Gasteiger partial charge on any atom is -0.339 e. The van der Waals surface area contributed by atoms with Crippen LogP contribution in [0.25, 0.3) is 0 Å². The predicted molar refractivity (Wildman–Crippen MR) is 94.9 cm³/mol. The van der Waals surface area contributed by atoms with Crippen molar-refractivity contribution in [1.82, 2.24) is 20.0 Å². The number of carbonyl (C=O) groups excluding carboxylic acids is 1. The first-order valence-corrected chi connectivity index (χ1v) is 8.56. The van der Waals surface area contributed by atoms with Crippen molar-refractivity contribution in [3.8, 4) is 0 Å². The van der Waals surface area contributed by atoms with Crippen molar-refractivity contribution in [1.29, 1.82) is 0 Å². The summed E-state index contributed by atoms with van der Waals surface area (Å²) >= 11 is 5.95. The van der Waals surface area contributed by atoms with Crippen LogP contribution in [-0.4, -0.2) is 40.7 Å². The summed E-state index contributed by atoms with van der Waals surface area (Å²) in [7, 11) is 3.78. The van der Waals surface area contributed by atoms with E-state index in [9.17, 15) is 4.79 Å². The number of hydrogen-bond acceptors (Lipinski definition) is 3. The lowest BCUT2D eigenvalue weighted by Gasteiger charge is -2.29. The van der Waals surface area contributed by atoms with E-state index in [-0.39, 0.29) is 23.8 Å². The second-order valence-corrected chi connectivity index (χ2v) is 6.93. The average Bonchev–Trinajstić information content (AvgIpc) is 3.22. The lowest BCUT2D eigenvalue weighted by Crippen LogP contribution is -2.37. The molecule has 0 radical (unpaired) electrons.